The number of aromatic nitrogens is 4. The second-order valence-electron chi connectivity index (χ2n) is 5.56. The number of hydrogen-bond acceptors (Lipinski definition) is 5. The predicted molar refractivity (Wildman–Crippen MR) is 87.0 cm³/mol. The molecule has 0 radical (unpaired) electrons. The molecule has 7 heteroatoms. The van der Waals surface area contributed by atoms with Crippen molar-refractivity contribution in [2.45, 2.75) is 32.7 Å². The lowest BCUT2D eigenvalue weighted by Crippen LogP contribution is -2.32. The molecule has 1 aliphatic heterocycles. The molecule has 0 saturated carbocycles. The van der Waals surface area contributed by atoms with Crippen LogP contribution in [0.4, 0.5) is 5.95 Å². The van der Waals surface area contributed by atoms with Crippen LogP contribution in [-0.2, 0) is 13.6 Å². The van der Waals surface area contributed by atoms with Crippen LogP contribution in [0.25, 0.3) is 11.2 Å². The van der Waals surface area contributed by atoms with Gasteiger partial charge in [-0.15, -0.1) is 5.92 Å². The van der Waals surface area contributed by atoms with E-state index < -0.39 is 0 Å². The van der Waals surface area contributed by atoms with Crippen molar-refractivity contribution in [1.29, 1.82) is 5.26 Å². The molecule has 0 atom stereocenters. The summed E-state index contributed by atoms with van der Waals surface area (Å²) >= 11 is 0. The van der Waals surface area contributed by atoms with E-state index in [9.17, 15) is 4.79 Å². The Balaban J connectivity index is 2.26. The van der Waals surface area contributed by atoms with E-state index >= 15 is 0 Å². The fraction of sp³-hybridized carbons (Fsp3) is 0.500. The average molecular weight is 310 g/mol. The van der Waals surface area contributed by atoms with Gasteiger partial charge in [0.25, 0.3) is 5.56 Å². The molecular formula is C16H18N6O. The standard InChI is InChI=1S/C16H18N6O/c1-3-4-10-22-13-14(18-12(11-17)20(2)15(13)23)19-16(22)21-8-6-5-7-9-21/h5-10H2,1-2H3. The third-order valence-electron chi connectivity index (χ3n) is 4.12. The van der Waals surface area contributed by atoms with Crippen LogP contribution in [0.5, 0.6) is 0 Å². The molecule has 1 fully saturated rings. The highest BCUT2D eigenvalue weighted by Gasteiger charge is 2.22. The molecule has 23 heavy (non-hydrogen) atoms. The number of piperidine rings is 1. The monoisotopic (exact) mass is 310 g/mol. The van der Waals surface area contributed by atoms with Gasteiger partial charge in [0.1, 0.15) is 6.07 Å². The molecule has 0 amide bonds. The van der Waals surface area contributed by atoms with Gasteiger partial charge in [-0.2, -0.15) is 15.2 Å². The third kappa shape index (κ3) is 2.55. The van der Waals surface area contributed by atoms with E-state index in [1.54, 1.807) is 14.0 Å². The fourth-order valence-electron chi connectivity index (χ4n) is 2.89. The van der Waals surface area contributed by atoms with Crippen molar-refractivity contribution in [3.8, 4) is 17.9 Å². The van der Waals surface area contributed by atoms with Gasteiger partial charge in [-0.3, -0.25) is 13.9 Å². The maximum atomic E-state index is 12.6. The first-order valence-electron chi connectivity index (χ1n) is 7.69. The summed E-state index contributed by atoms with van der Waals surface area (Å²) in [6, 6.07) is 1.94. The van der Waals surface area contributed by atoms with E-state index in [1.165, 1.54) is 11.0 Å². The number of nitrogens with zero attached hydrogens (tertiary/aromatic N) is 6. The van der Waals surface area contributed by atoms with Gasteiger partial charge >= 0.3 is 0 Å². The summed E-state index contributed by atoms with van der Waals surface area (Å²) in [6.07, 6.45) is 3.43. The van der Waals surface area contributed by atoms with Gasteiger partial charge in [0.2, 0.25) is 11.8 Å². The van der Waals surface area contributed by atoms with Crippen LogP contribution in [0.1, 0.15) is 32.0 Å². The Labute approximate surface area is 134 Å². The average Bonchev–Trinajstić information content (AvgIpc) is 2.95. The Morgan fingerprint density at radius 1 is 1.22 bits per heavy atom. The summed E-state index contributed by atoms with van der Waals surface area (Å²) in [7, 11) is 1.55. The fourth-order valence-corrected chi connectivity index (χ4v) is 2.89. The van der Waals surface area contributed by atoms with Gasteiger partial charge in [0, 0.05) is 20.1 Å². The molecule has 118 valence electrons. The number of fused-ring (bicyclic) bond motifs is 1. The molecule has 2 aromatic heterocycles. The molecular weight excluding hydrogens is 292 g/mol. The summed E-state index contributed by atoms with van der Waals surface area (Å²) in [5.74, 6) is 6.65. The Morgan fingerprint density at radius 2 is 1.96 bits per heavy atom. The first-order chi connectivity index (χ1) is 11.2. The van der Waals surface area contributed by atoms with Crippen LogP contribution >= 0.6 is 0 Å². The SMILES string of the molecule is CC#CCn1c(N2CCCCC2)nc2nc(C#N)n(C)c(=O)c21. The lowest BCUT2D eigenvalue weighted by molar-refractivity contribution is 0.561. The summed E-state index contributed by atoms with van der Waals surface area (Å²) in [5.41, 5.74) is 0.471. The minimum Gasteiger partial charge on any atom is -0.342 e. The van der Waals surface area contributed by atoms with Gasteiger partial charge in [-0.25, -0.2) is 0 Å². The van der Waals surface area contributed by atoms with Crippen molar-refractivity contribution in [3.05, 3.63) is 16.2 Å². The number of hydrogen-bond donors (Lipinski definition) is 0. The molecule has 1 saturated heterocycles. The summed E-state index contributed by atoms with van der Waals surface area (Å²) in [6.45, 7) is 3.98. The van der Waals surface area contributed by atoms with Crippen LogP contribution in [0, 0.1) is 23.2 Å². The Bertz CT molecular complexity index is 899. The molecule has 0 aliphatic carbocycles. The van der Waals surface area contributed by atoms with E-state index in [1.807, 2.05) is 10.6 Å². The second kappa shape index (κ2) is 6.13. The van der Waals surface area contributed by atoms with Crippen LogP contribution < -0.4 is 10.5 Å². The first-order valence-corrected chi connectivity index (χ1v) is 7.69. The summed E-state index contributed by atoms with van der Waals surface area (Å²) in [4.78, 5) is 23.6. The summed E-state index contributed by atoms with van der Waals surface area (Å²) < 4.78 is 3.09. The molecule has 0 unspecified atom stereocenters. The number of imidazole rings is 1. The second-order valence-corrected chi connectivity index (χ2v) is 5.56. The number of nitriles is 1. The van der Waals surface area contributed by atoms with E-state index in [2.05, 4.69) is 26.7 Å². The van der Waals surface area contributed by atoms with E-state index in [4.69, 9.17) is 5.26 Å². The van der Waals surface area contributed by atoms with Gasteiger partial charge < -0.3 is 4.90 Å². The Kier molecular flexibility index (Phi) is 4.03. The third-order valence-corrected chi connectivity index (χ3v) is 4.12. The first kappa shape index (κ1) is 15.1. The van der Waals surface area contributed by atoms with Gasteiger partial charge in [-0.05, 0) is 26.2 Å². The molecule has 0 N–H and O–H groups in total. The lowest BCUT2D eigenvalue weighted by Gasteiger charge is -2.27. The van der Waals surface area contributed by atoms with E-state index in [0.717, 1.165) is 31.9 Å². The largest absolute Gasteiger partial charge is 0.342 e. The van der Waals surface area contributed by atoms with Crippen molar-refractivity contribution < 1.29 is 0 Å². The topological polar surface area (TPSA) is 79.7 Å². The zero-order chi connectivity index (χ0) is 16.4. The molecule has 0 bridgehead atoms. The quantitative estimate of drug-likeness (QED) is 0.774. The van der Waals surface area contributed by atoms with Crippen LogP contribution in [0.15, 0.2) is 4.79 Å². The highest BCUT2D eigenvalue weighted by molar-refractivity contribution is 5.74. The van der Waals surface area contributed by atoms with Crippen molar-refractivity contribution in [3.63, 3.8) is 0 Å². The van der Waals surface area contributed by atoms with Crippen molar-refractivity contribution >= 4 is 17.1 Å². The molecule has 3 rings (SSSR count). The molecule has 7 nitrogen and oxygen atoms in total. The summed E-state index contributed by atoms with van der Waals surface area (Å²) in [5, 5.41) is 9.13. The van der Waals surface area contributed by atoms with Gasteiger partial charge in [-0.1, -0.05) is 5.92 Å². The molecule has 0 spiro atoms. The smallest absolute Gasteiger partial charge is 0.280 e. The van der Waals surface area contributed by atoms with Crippen molar-refractivity contribution in [1.82, 2.24) is 19.1 Å². The van der Waals surface area contributed by atoms with Gasteiger partial charge in [0.05, 0.1) is 6.54 Å². The number of rotatable bonds is 2. The maximum absolute atomic E-state index is 12.6. The van der Waals surface area contributed by atoms with Crippen molar-refractivity contribution in [2.75, 3.05) is 18.0 Å². The minimum absolute atomic E-state index is 0.0684. The normalized spacial score (nSPS) is 14.4. The molecule has 0 aromatic carbocycles. The molecule has 3 heterocycles. The lowest BCUT2D eigenvalue weighted by atomic mass is 10.1. The Morgan fingerprint density at radius 3 is 2.61 bits per heavy atom. The number of anilines is 1. The maximum Gasteiger partial charge on any atom is 0.280 e. The minimum atomic E-state index is -0.264. The van der Waals surface area contributed by atoms with E-state index in [0.29, 0.717) is 17.7 Å². The highest BCUT2D eigenvalue weighted by atomic mass is 16.1. The van der Waals surface area contributed by atoms with Gasteiger partial charge in [0.15, 0.2) is 11.2 Å². The Hall–Kier alpha value is -2.80. The van der Waals surface area contributed by atoms with E-state index in [-0.39, 0.29) is 11.4 Å². The van der Waals surface area contributed by atoms with Crippen LogP contribution in [0.2, 0.25) is 0 Å². The molecule has 2 aromatic rings. The zero-order valence-electron chi connectivity index (χ0n) is 13.3. The molecule has 1 aliphatic rings. The van der Waals surface area contributed by atoms with Crippen LogP contribution in [-0.4, -0.2) is 32.2 Å². The van der Waals surface area contributed by atoms with Crippen molar-refractivity contribution in [2.24, 2.45) is 7.05 Å². The zero-order valence-corrected chi connectivity index (χ0v) is 13.3. The predicted octanol–water partition coefficient (Wildman–Crippen LogP) is 1.02. The highest BCUT2D eigenvalue weighted by Crippen LogP contribution is 2.22. The van der Waals surface area contributed by atoms with Crippen LogP contribution in [0.3, 0.4) is 0 Å².